The van der Waals surface area contributed by atoms with Crippen LogP contribution in [0.4, 0.5) is 14.5 Å². The highest BCUT2D eigenvalue weighted by molar-refractivity contribution is 5.93. The van der Waals surface area contributed by atoms with E-state index in [1.807, 2.05) is 0 Å². The van der Waals surface area contributed by atoms with Gasteiger partial charge in [0.1, 0.15) is 11.6 Å². The first-order chi connectivity index (χ1) is 12.4. The molecule has 0 heterocycles. The number of hydrogen-bond acceptors (Lipinski definition) is 5. The van der Waals surface area contributed by atoms with Crippen LogP contribution in [0.3, 0.4) is 0 Å². The Morgan fingerprint density at radius 1 is 1.00 bits per heavy atom. The molecule has 2 rings (SSSR count). The zero-order valence-corrected chi connectivity index (χ0v) is 14.2. The Kier molecular flexibility index (Phi) is 6.48. The molecule has 0 bridgehead atoms. The fourth-order valence-corrected chi connectivity index (χ4v) is 2.13. The Morgan fingerprint density at radius 3 is 2.38 bits per heavy atom. The number of nitrogens with one attached hydrogen (secondary N) is 1. The third-order valence-corrected chi connectivity index (χ3v) is 3.37. The second kappa shape index (κ2) is 8.80. The van der Waals surface area contributed by atoms with Crippen LogP contribution in [-0.4, -0.2) is 32.7 Å². The lowest BCUT2D eigenvalue weighted by molar-refractivity contribution is -0.146. The first-order valence-electron chi connectivity index (χ1n) is 7.54. The monoisotopic (exact) mass is 365 g/mol. The van der Waals surface area contributed by atoms with E-state index in [1.165, 1.54) is 14.2 Å². The number of esters is 1. The van der Waals surface area contributed by atoms with Crippen LogP contribution in [-0.2, 0) is 20.7 Å². The van der Waals surface area contributed by atoms with Crippen molar-refractivity contribution in [1.82, 2.24) is 0 Å². The number of amides is 1. The maximum Gasteiger partial charge on any atom is 0.310 e. The van der Waals surface area contributed by atoms with Crippen molar-refractivity contribution in [1.29, 1.82) is 0 Å². The Balaban J connectivity index is 1.87. The summed E-state index contributed by atoms with van der Waals surface area (Å²) in [5, 5.41) is 2.20. The van der Waals surface area contributed by atoms with Crippen LogP contribution in [0.2, 0.25) is 0 Å². The molecule has 2 aromatic carbocycles. The van der Waals surface area contributed by atoms with Gasteiger partial charge in [-0.15, -0.1) is 0 Å². The average molecular weight is 365 g/mol. The molecule has 0 aromatic heterocycles. The predicted octanol–water partition coefficient (Wildman–Crippen LogP) is 2.71. The van der Waals surface area contributed by atoms with Gasteiger partial charge in [-0.25, -0.2) is 8.78 Å². The zero-order chi connectivity index (χ0) is 19.1. The minimum atomic E-state index is -0.921. The number of carbonyl (C=O) groups excluding carboxylic acids is 2. The van der Waals surface area contributed by atoms with E-state index in [0.29, 0.717) is 23.1 Å². The van der Waals surface area contributed by atoms with Crippen LogP contribution in [0, 0.1) is 11.6 Å². The van der Waals surface area contributed by atoms with E-state index in [9.17, 15) is 18.4 Å². The van der Waals surface area contributed by atoms with E-state index in [1.54, 1.807) is 18.2 Å². The number of carbonyl (C=O) groups is 2. The van der Waals surface area contributed by atoms with Gasteiger partial charge < -0.3 is 19.5 Å². The average Bonchev–Trinajstić information content (AvgIpc) is 2.62. The second-order valence-electron chi connectivity index (χ2n) is 5.20. The standard InChI is InChI=1S/C18H17F2NO5/c1-24-15-6-3-11(7-16(15)25-2)8-18(23)26-10-17(22)21-14-5-4-12(19)9-13(14)20/h3-7,9H,8,10H2,1-2H3,(H,21,22). The first-order valence-corrected chi connectivity index (χ1v) is 7.54. The minimum absolute atomic E-state index is 0.0848. The summed E-state index contributed by atoms with van der Waals surface area (Å²) in [7, 11) is 2.97. The Hall–Kier alpha value is -3.16. The van der Waals surface area contributed by atoms with Crippen molar-refractivity contribution in [3.8, 4) is 11.5 Å². The minimum Gasteiger partial charge on any atom is -0.493 e. The Morgan fingerprint density at radius 2 is 1.73 bits per heavy atom. The zero-order valence-electron chi connectivity index (χ0n) is 14.2. The summed E-state index contributed by atoms with van der Waals surface area (Å²) in [5.74, 6) is -2.09. The van der Waals surface area contributed by atoms with Gasteiger partial charge in [0.25, 0.3) is 5.91 Å². The molecule has 0 saturated carbocycles. The van der Waals surface area contributed by atoms with Crippen LogP contribution in [0.1, 0.15) is 5.56 Å². The summed E-state index contributed by atoms with van der Waals surface area (Å²) >= 11 is 0. The van der Waals surface area contributed by atoms with E-state index >= 15 is 0 Å². The number of benzene rings is 2. The summed E-state index contributed by atoms with van der Waals surface area (Å²) in [6.45, 7) is -0.594. The van der Waals surface area contributed by atoms with Crippen molar-refractivity contribution < 1.29 is 32.6 Å². The van der Waals surface area contributed by atoms with Crippen molar-refractivity contribution >= 4 is 17.6 Å². The molecule has 8 heteroatoms. The van der Waals surface area contributed by atoms with Gasteiger partial charge in [-0.3, -0.25) is 9.59 Å². The summed E-state index contributed by atoms with van der Waals surface area (Å²) in [4.78, 5) is 23.5. The molecule has 0 aliphatic heterocycles. The maximum absolute atomic E-state index is 13.4. The van der Waals surface area contributed by atoms with Gasteiger partial charge in [0.05, 0.1) is 26.3 Å². The van der Waals surface area contributed by atoms with Crippen LogP contribution >= 0.6 is 0 Å². The highest BCUT2D eigenvalue weighted by Gasteiger charge is 2.13. The molecule has 0 aliphatic rings. The second-order valence-corrected chi connectivity index (χ2v) is 5.20. The quantitative estimate of drug-likeness (QED) is 0.764. The van der Waals surface area contributed by atoms with Crippen molar-refractivity contribution in [2.24, 2.45) is 0 Å². The first kappa shape index (κ1) is 19.2. The van der Waals surface area contributed by atoms with Gasteiger partial charge >= 0.3 is 5.97 Å². The van der Waals surface area contributed by atoms with Crippen molar-refractivity contribution in [2.75, 3.05) is 26.1 Å². The molecule has 1 amide bonds. The fraction of sp³-hybridized carbons (Fsp3) is 0.222. The molecular formula is C18H17F2NO5. The van der Waals surface area contributed by atoms with E-state index < -0.39 is 30.1 Å². The largest absolute Gasteiger partial charge is 0.493 e. The lowest BCUT2D eigenvalue weighted by atomic mass is 10.1. The molecule has 0 fully saturated rings. The number of hydrogen-bond donors (Lipinski definition) is 1. The van der Waals surface area contributed by atoms with Crippen molar-refractivity contribution in [3.63, 3.8) is 0 Å². The van der Waals surface area contributed by atoms with Gasteiger partial charge in [-0.1, -0.05) is 6.07 Å². The smallest absolute Gasteiger partial charge is 0.310 e. The van der Waals surface area contributed by atoms with Crippen LogP contribution < -0.4 is 14.8 Å². The third-order valence-electron chi connectivity index (χ3n) is 3.37. The summed E-state index contributed by atoms with van der Waals surface area (Å²) in [5.41, 5.74) is 0.407. The van der Waals surface area contributed by atoms with Crippen LogP contribution in [0.5, 0.6) is 11.5 Å². The van der Waals surface area contributed by atoms with Crippen molar-refractivity contribution in [3.05, 3.63) is 53.6 Å². The molecular weight excluding hydrogens is 348 g/mol. The predicted molar refractivity (Wildman–Crippen MR) is 89.2 cm³/mol. The van der Waals surface area contributed by atoms with Gasteiger partial charge in [0, 0.05) is 6.07 Å². The number of rotatable bonds is 7. The number of halogens is 2. The molecule has 138 valence electrons. The lowest BCUT2D eigenvalue weighted by Gasteiger charge is -2.10. The molecule has 0 saturated heterocycles. The highest BCUT2D eigenvalue weighted by Crippen LogP contribution is 2.27. The van der Waals surface area contributed by atoms with E-state index in [-0.39, 0.29) is 12.1 Å². The van der Waals surface area contributed by atoms with E-state index in [2.05, 4.69) is 5.32 Å². The SMILES string of the molecule is COc1ccc(CC(=O)OCC(=O)Nc2ccc(F)cc2F)cc1OC. The third kappa shape index (κ3) is 5.17. The molecule has 0 radical (unpaired) electrons. The molecule has 26 heavy (non-hydrogen) atoms. The molecule has 0 unspecified atom stereocenters. The summed E-state index contributed by atoms with van der Waals surface area (Å²) in [6, 6.07) is 7.64. The molecule has 6 nitrogen and oxygen atoms in total. The highest BCUT2D eigenvalue weighted by atomic mass is 19.1. The molecule has 1 N–H and O–H groups in total. The number of anilines is 1. The van der Waals surface area contributed by atoms with Gasteiger partial charge in [-0.05, 0) is 29.8 Å². The maximum atomic E-state index is 13.4. The number of ether oxygens (including phenoxy) is 3. The topological polar surface area (TPSA) is 73.9 Å². The molecule has 2 aromatic rings. The van der Waals surface area contributed by atoms with E-state index in [0.717, 1.165) is 12.1 Å². The lowest BCUT2D eigenvalue weighted by Crippen LogP contribution is -2.22. The van der Waals surface area contributed by atoms with Gasteiger partial charge in [0.15, 0.2) is 18.1 Å². The van der Waals surface area contributed by atoms with Gasteiger partial charge in [-0.2, -0.15) is 0 Å². The van der Waals surface area contributed by atoms with Crippen LogP contribution in [0.25, 0.3) is 0 Å². The number of methoxy groups -OCH3 is 2. The van der Waals surface area contributed by atoms with E-state index in [4.69, 9.17) is 14.2 Å². The van der Waals surface area contributed by atoms with Crippen LogP contribution in [0.15, 0.2) is 36.4 Å². The molecule has 0 aliphatic carbocycles. The fourth-order valence-electron chi connectivity index (χ4n) is 2.13. The summed E-state index contributed by atoms with van der Waals surface area (Å²) < 4.78 is 41.3. The molecule has 0 atom stereocenters. The Labute approximate surface area is 148 Å². The normalized spacial score (nSPS) is 10.2. The van der Waals surface area contributed by atoms with Gasteiger partial charge in [0.2, 0.25) is 0 Å². The summed E-state index contributed by atoms with van der Waals surface area (Å²) in [6.07, 6.45) is -0.0848. The Bertz CT molecular complexity index is 810. The van der Waals surface area contributed by atoms with Crippen molar-refractivity contribution in [2.45, 2.75) is 6.42 Å². The molecule has 0 spiro atoms.